The van der Waals surface area contributed by atoms with Gasteiger partial charge in [-0.15, -0.1) is 0 Å². The Hall–Kier alpha value is -0.350. The van der Waals surface area contributed by atoms with Crippen LogP contribution in [0, 0.1) is 0 Å². The number of nitrogens with zero attached hydrogens (tertiary/aromatic N) is 2. The highest BCUT2D eigenvalue weighted by atomic mass is 35.5. The second kappa shape index (κ2) is 3.42. The van der Waals surface area contributed by atoms with Crippen molar-refractivity contribution in [3.8, 4) is 0 Å². The van der Waals surface area contributed by atoms with Gasteiger partial charge >= 0.3 is 0 Å². The van der Waals surface area contributed by atoms with Crippen molar-refractivity contribution in [2.75, 3.05) is 5.32 Å². The van der Waals surface area contributed by atoms with E-state index < -0.39 is 0 Å². The van der Waals surface area contributed by atoms with Crippen molar-refractivity contribution < 1.29 is 0 Å². The van der Waals surface area contributed by atoms with Crippen LogP contribution in [0.25, 0.3) is 0 Å². The molecule has 0 unspecified atom stereocenters. The van der Waals surface area contributed by atoms with Crippen LogP contribution >= 0.6 is 23.3 Å². The van der Waals surface area contributed by atoms with Gasteiger partial charge in [0.15, 0.2) is 11.0 Å². The minimum Gasteiger partial charge on any atom is -0.361 e. The molecule has 0 saturated heterocycles. The first-order valence-corrected chi connectivity index (χ1v) is 5.63. The predicted molar refractivity (Wildman–Crippen MR) is 55.4 cm³/mol. The van der Waals surface area contributed by atoms with Gasteiger partial charge in [-0.3, -0.25) is 0 Å². The summed E-state index contributed by atoms with van der Waals surface area (Å²) in [6.45, 7) is 2.20. The van der Waals surface area contributed by atoms with Crippen LogP contribution in [0.1, 0.15) is 32.6 Å². The molecule has 1 saturated carbocycles. The number of hydrogen-bond acceptors (Lipinski definition) is 4. The van der Waals surface area contributed by atoms with Gasteiger partial charge in [0.05, 0.1) is 11.7 Å². The van der Waals surface area contributed by atoms with E-state index in [1.54, 1.807) is 0 Å². The monoisotopic (exact) mass is 217 g/mol. The Morgan fingerprint density at radius 2 is 2.31 bits per heavy atom. The summed E-state index contributed by atoms with van der Waals surface area (Å²) in [5, 5.41) is 3.89. The number of aromatic nitrogens is 2. The second-order valence-electron chi connectivity index (χ2n) is 3.56. The zero-order chi connectivity index (χ0) is 9.31. The maximum Gasteiger partial charge on any atom is 0.186 e. The standard InChI is InChI=1S/C8H12ClN3S/c1-2-3-8(4-5-8)10-7-6(9)11-13-12-7/h2-5H2,1H3,(H,10,12). The zero-order valence-electron chi connectivity index (χ0n) is 7.51. The average Bonchev–Trinajstić information content (AvgIpc) is 2.73. The highest BCUT2D eigenvalue weighted by Gasteiger charge is 2.42. The largest absolute Gasteiger partial charge is 0.361 e. The molecule has 1 aliphatic carbocycles. The molecule has 3 nitrogen and oxygen atoms in total. The van der Waals surface area contributed by atoms with Gasteiger partial charge in [0.1, 0.15) is 0 Å². The van der Waals surface area contributed by atoms with Crippen LogP contribution < -0.4 is 5.32 Å². The van der Waals surface area contributed by atoms with Crippen LogP contribution in [0.5, 0.6) is 0 Å². The van der Waals surface area contributed by atoms with Gasteiger partial charge in [0.25, 0.3) is 0 Å². The molecule has 0 radical (unpaired) electrons. The summed E-state index contributed by atoms with van der Waals surface area (Å²) in [5.41, 5.74) is 0.286. The molecule has 0 amide bonds. The van der Waals surface area contributed by atoms with Crippen LogP contribution in [0.4, 0.5) is 5.82 Å². The Morgan fingerprint density at radius 3 is 2.77 bits per heavy atom. The normalized spacial score (nSPS) is 18.6. The molecule has 1 aromatic rings. The lowest BCUT2D eigenvalue weighted by molar-refractivity contribution is 0.637. The number of halogens is 1. The third kappa shape index (κ3) is 1.94. The molecule has 0 aromatic carbocycles. The lowest BCUT2D eigenvalue weighted by Crippen LogP contribution is -2.21. The van der Waals surface area contributed by atoms with Gasteiger partial charge in [-0.25, -0.2) is 0 Å². The molecule has 2 rings (SSSR count). The summed E-state index contributed by atoms with van der Waals surface area (Å²) in [6, 6.07) is 0. The molecule has 1 aromatic heterocycles. The van der Waals surface area contributed by atoms with Gasteiger partial charge in [-0.05, 0) is 19.3 Å². The number of hydrogen-bond donors (Lipinski definition) is 1. The van der Waals surface area contributed by atoms with E-state index in [9.17, 15) is 0 Å². The fraction of sp³-hybridized carbons (Fsp3) is 0.750. The first kappa shape index (κ1) is 9.21. The molecule has 1 heterocycles. The predicted octanol–water partition coefficient (Wildman–Crippen LogP) is 2.94. The lowest BCUT2D eigenvalue weighted by Gasteiger charge is -2.15. The quantitative estimate of drug-likeness (QED) is 0.843. The molecule has 13 heavy (non-hydrogen) atoms. The highest BCUT2D eigenvalue weighted by molar-refractivity contribution is 6.99. The number of anilines is 1. The molecule has 5 heteroatoms. The second-order valence-corrected chi connectivity index (χ2v) is 4.45. The maximum atomic E-state index is 5.85. The van der Waals surface area contributed by atoms with E-state index in [1.807, 2.05) is 0 Å². The summed E-state index contributed by atoms with van der Waals surface area (Å²) < 4.78 is 8.03. The van der Waals surface area contributed by atoms with E-state index in [-0.39, 0.29) is 5.54 Å². The molecule has 0 atom stereocenters. The van der Waals surface area contributed by atoms with Crippen LogP contribution in [0.2, 0.25) is 5.15 Å². The Balaban J connectivity index is 2.02. The summed E-state index contributed by atoms with van der Waals surface area (Å²) >= 11 is 7.01. The molecular formula is C8H12ClN3S. The SMILES string of the molecule is CCCC1(Nc2nsnc2Cl)CC1. The fourth-order valence-corrected chi connectivity index (χ4v) is 2.22. The van der Waals surface area contributed by atoms with Crippen molar-refractivity contribution >= 4 is 29.1 Å². The lowest BCUT2D eigenvalue weighted by atomic mass is 10.1. The van der Waals surface area contributed by atoms with E-state index in [0.29, 0.717) is 5.15 Å². The minimum atomic E-state index is 0.286. The van der Waals surface area contributed by atoms with Gasteiger partial charge in [0, 0.05) is 5.54 Å². The number of rotatable bonds is 4. The zero-order valence-corrected chi connectivity index (χ0v) is 9.08. The van der Waals surface area contributed by atoms with Crippen molar-refractivity contribution in [2.45, 2.75) is 38.1 Å². The first-order valence-electron chi connectivity index (χ1n) is 4.52. The Bertz CT molecular complexity index is 295. The average molecular weight is 218 g/mol. The van der Waals surface area contributed by atoms with Gasteiger partial charge < -0.3 is 5.32 Å². The molecule has 72 valence electrons. The Labute approximate surface area is 86.8 Å². The summed E-state index contributed by atoms with van der Waals surface area (Å²) in [6.07, 6.45) is 4.85. The van der Waals surface area contributed by atoms with Gasteiger partial charge in [0.2, 0.25) is 0 Å². The third-order valence-corrected chi connectivity index (χ3v) is 3.31. The van der Waals surface area contributed by atoms with Crippen LogP contribution in [0.15, 0.2) is 0 Å². The third-order valence-electron chi connectivity index (χ3n) is 2.41. The van der Waals surface area contributed by atoms with Crippen LogP contribution in [-0.4, -0.2) is 14.3 Å². The van der Waals surface area contributed by atoms with Crippen molar-refractivity contribution in [1.29, 1.82) is 0 Å². The molecule has 1 aliphatic rings. The van der Waals surface area contributed by atoms with Crippen LogP contribution in [0.3, 0.4) is 0 Å². The summed E-state index contributed by atoms with van der Waals surface area (Å²) in [7, 11) is 0. The van der Waals surface area contributed by atoms with Crippen molar-refractivity contribution in [3.05, 3.63) is 5.15 Å². The van der Waals surface area contributed by atoms with E-state index >= 15 is 0 Å². The topological polar surface area (TPSA) is 37.8 Å². The van der Waals surface area contributed by atoms with Crippen molar-refractivity contribution in [2.24, 2.45) is 0 Å². The minimum absolute atomic E-state index is 0.286. The highest BCUT2D eigenvalue weighted by Crippen LogP contribution is 2.43. The van der Waals surface area contributed by atoms with Crippen molar-refractivity contribution in [1.82, 2.24) is 8.75 Å². The summed E-state index contributed by atoms with van der Waals surface area (Å²) in [5.74, 6) is 0.762. The Kier molecular flexibility index (Phi) is 2.43. The maximum absolute atomic E-state index is 5.85. The van der Waals surface area contributed by atoms with E-state index in [1.165, 1.54) is 25.7 Å². The molecule has 1 fully saturated rings. The smallest absolute Gasteiger partial charge is 0.186 e. The molecule has 1 N–H and O–H groups in total. The van der Waals surface area contributed by atoms with E-state index in [0.717, 1.165) is 17.5 Å². The fourth-order valence-electron chi connectivity index (χ4n) is 1.57. The summed E-state index contributed by atoms with van der Waals surface area (Å²) in [4.78, 5) is 0. The molecule has 0 bridgehead atoms. The van der Waals surface area contributed by atoms with Gasteiger partial charge in [-0.1, -0.05) is 24.9 Å². The molecule has 0 aliphatic heterocycles. The van der Waals surface area contributed by atoms with E-state index in [2.05, 4.69) is 21.0 Å². The Morgan fingerprint density at radius 1 is 1.54 bits per heavy atom. The van der Waals surface area contributed by atoms with E-state index in [4.69, 9.17) is 11.6 Å². The van der Waals surface area contributed by atoms with Crippen molar-refractivity contribution in [3.63, 3.8) is 0 Å². The molecular weight excluding hydrogens is 206 g/mol. The first-order chi connectivity index (χ1) is 6.26. The van der Waals surface area contributed by atoms with Gasteiger partial charge in [-0.2, -0.15) is 8.75 Å². The van der Waals surface area contributed by atoms with Crippen LogP contribution in [-0.2, 0) is 0 Å². The molecule has 0 spiro atoms. The number of nitrogens with one attached hydrogen (secondary N) is 1.